The zero-order chi connectivity index (χ0) is 45.5. The van der Waals surface area contributed by atoms with Gasteiger partial charge in [0.1, 0.15) is 11.6 Å². The molecule has 16 nitrogen and oxygen atoms in total. The molecular weight excluding hydrogens is 817 g/mol. The molecule has 0 aliphatic carbocycles. The number of carboxylic acid groups (broad SMARTS) is 2. The molecule has 4 aliphatic rings. The van der Waals surface area contributed by atoms with E-state index in [9.17, 15) is 29.4 Å². The number of benzene rings is 2. The number of nitrogens with one attached hydrogen (secondary N) is 4. The zero-order valence-electron chi connectivity index (χ0n) is 37.7. The predicted molar refractivity (Wildman–Crippen MR) is 239 cm³/mol. The lowest BCUT2D eigenvalue weighted by molar-refractivity contribution is -0.129. The van der Waals surface area contributed by atoms with Gasteiger partial charge in [-0.1, -0.05) is 64.1 Å². The Kier molecular flexibility index (Phi) is 12.9. The Labute approximate surface area is 373 Å². The van der Waals surface area contributed by atoms with E-state index in [1.54, 1.807) is 0 Å². The average molecular weight is 879 g/mol. The van der Waals surface area contributed by atoms with Crippen molar-refractivity contribution in [1.29, 1.82) is 0 Å². The second-order valence-corrected chi connectivity index (χ2v) is 19.3. The first-order valence-electron chi connectivity index (χ1n) is 22.6. The molecule has 2 aromatic heterocycles. The molecule has 6 N–H and O–H groups in total. The van der Waals surface area contributed by atoms with Crippen LogP contribution < -0.4 is 10.6 Å². The summed E-state index contributed by atoms with van der Waals surface area (Å²) in [6.45, 7) is 16.0. The summed E-state index contributed by atoms with van der Waals surface area (Å²) in [6.07, 6.45) is 6.06. The van der Waals surface area contributed by atoms with Gasteiger partial charge >= 0.3 is 12.2 Å². The van der Waals surface area contributed by atoms with Gasteiger partial charge in [-0.2, -0.15) is 0 Å². The lowest BCUT2D eigenvalue weighted by atomic mass is 9.78. The highest BCUT2D eigenvalue weighted by Gasteiger charge is 2.52. The van der Waals surface area contributed by atoms with Crippen molar-refractivity contribution in [2.24, 2.45) is 22.7 Å². The monoisotopic (exact) mass is 878 g/mol. The van der Waals surface area contributed by atoms with E-state index in [-0.39, 0.29) is 34.7 Å². The van der Waals surface area contributed by atoms with Crippen LogP contribution in [0.3, 0.4) is 0 Å². The molecule has 2 aromatic carbocycles. The fourth-order valence-corrected chi connectivity index (χ4v) is 11.2. The molecule has 4 aliphatic heterocycles. The number of imidazole rings is 2. The summed E-state index contributed by atoms with van der Waals surface area (Å²) < 4.78 is 11.4. The highest BCUT2D eigenvalue weighted by atomic mass is 16.5. The van der Waals surface area contributed by atoms with Crippen molar-refractivity contribution in [3.63, 3.8) is 0 Å². The summed E-state index contributed by atoms with van der Waals surface area (Å²) >= 11 is 0. The quantitative estimate of drug-likeness (QED) is 0.0865. The van der Waals surface area contributed by atoms with Gasteiger partial charge in [-0.25, -0.2) is 19.6 Å². The van der Waals surface area contributed by atoms with Crippen LogP contribution in [0.25, 0.3) is 33.6 Å². The largest absolute Gasteiger partial charge is 0.465 e. The Hall–Kier alpha value is -5.42. The van der Waals surface area contributed by atoms with E-state index in [1.807, 2.05) is 40.1 Å². The van der Waals surface area contributed by atoms with Gasteiger partial charge in [0, 0.05) is 45.1 Å². The molecule has 4 fully saturated rings. The van der Waals surface area contributed by atoms with Crippen molar-refractivity contribution < 1.29 is 38.9 Å². The summed E-state index contributed by atoms with van der Waals surface area (Å²) in [5.41, 5.74) is 8.04. The van der Waals surface area contributed by atoms with E-state index < -0.39 is 36.1 Å². The molecule has 8 rings (SSSR count). The van der Waals surface area contributed by atoms with Gasteiger partial charge < -0.3 is 29.7 Å². The van der Waals surface area contributed by atoms with Crippen molar-refractivity contribution in [3.8, 4) is 33.6 Å². The van der Waals surface area contributed by atoms with Crippen LogP contribution >= 0.6 is 0 Å². The molecule has 0 saturated carbocycles. The SMILES string of the molecule is Cc1c(-c2ccc(-c3cnc(C4CC5(CCOCC5)CN4C(C(=O)NC(=O)O)C(C)C)[nH]3)cc2)ccc(-c2cnc([C@@H]3CC4(CCOCC4)CN3[C@H](C(=O)NC(=O)O)C(C)C)[nH]2)c1C. The predicted octanol–water partition coefficient (Wildman–Crippen LogP) is 7.48. The summed E-state index contributed by atoms with van der Waals surface area (Å²) in [5, 5.41) is 23.1. The number of carbonyl (C=O) groups is 4. The first-order valence-corrected chi connectivity index (χ1v) is 22.6. The van der Waals surface area contributed by atoms with Crippen molar-refractivity contribution in [3.05, 3.63) is 71.6 Å². The minimum atomic E-state index is -1.36. The van der Waals surface area contributed by atoms with Crippen LogP contribution in [0.2, 0.25) is 0 Å². The smallest absolute Gasteiger partial charge is 0.411 e. The molecule has 16 heteroatoms. The molecule has 2 spiro atoms. The van der Waals surface area contributed by atoms with Crippen LogP contribution in [-0.4, -0.2) is 116 Å². The van der Waals surface area contributed by atoms with Crippen LogP contribution in [-0.2, 0) is 19.1 Å². The Bertz CT molecular complexity index is 2360. The molecule has 4 atom stereocenters. The number of rotatable bonds is 11. The minimum Gasteiger partial charge on any atom is -0.465 e. The second kappa shape index (κ2) is 18.2. The van der Waals surface area contributed by atoms with Crippen molar-refractivity contribution in [1.82, 2.24) is 40.4 Å². The number of nitrogens with zero attached hydrogens (tertiary/aromatic N) is 4. The fraction of sp³-hybridized carbons (Fsp3) is 0.542. The molecular formula is C48H62N8O8. The summed E-state index contributed by atoms with van der Waals surface area (Å²) in [4.78, 5) is 71.0. The number of H-pyrrole nitrogens is 2. The fourth-order valence-electron chi connectivity index (χ4n) is 11.2. The zero-order valence-corrected chi connectivity index (χ0v) is 37.7. The number of hydrogen-bond acceptors (Lipinski definition) is 10. The molecule has 342 valence electrons. The highest BCUT2D eigenvalue weighted by Crippen LogP contribution is 2.51. The van der Waals surface area contributed by atoms with Gasteiger partial charge in [0.15, 0.2) is 0 Å². The molecule has 6 heterocycles. The number of ether oxygens (including phenoxy) is 2. The van der Waals surface area contributed by atoms with E-state index in [2.05, 4.69) is 80.6 Å². The number of aromatic nitrogens is 4. The van der Waals surface area contributed by atoms with Crippen molar-refractivity contribution in [2.45, 2.75) is 104 Å². The van der Waals surface area contributed by atoms with E-state index in [0.29, 0.717) is 39.5 Å². The standard InChI is InChI=1S/C48H62N8O8/c1-27(2)39(43(57)53-45(59)60)55-25-47(13-17-63-18-14-47)21-37(55)41-49-23-35(51-41)32-9-7-31(8-10-32)33-11-12-34(30(6)29(33)5)36-24-50-42(52-36)38-22-48(15-19-64-20-16-48)26-56(38)40(28(3)4)44(58)54-46(61)62/h7-12,23-24,27-28,37-40H,13-22,25-26H2,1-6H3,(H,49,51)(H,50,52)(H,53,57)(H,54,58)(H,59,60)(H,61,62)/t37?,38-,39?,40-/m0/s1. The lowest BCUT2D eigenvalue weighted by Gasteiger charge is -2.36. The third-order valence-corrected chi connectivity index (χ3v) is 14.6. The van der Waals surface area contributed by atoms with Crippen LogP contribution in [0.1, 0.15) is 101 Å². The lowest BCUT2D eigenvalue weighted by Crippen LogP contribution is -2.51. The topological polar surface area (TPSA) is 215 Å². The number of aromatic amines is 2. The normalized spacial score (nSPS) is 22.0. The molecule has 4 amide bonds. The molecule has 4 saturated heterocycles. The van der Waals surface area contributed by atoms with Gasteiger partial charge in [0.05, 0.1) is 47.9 Å². The van der Waals surface area contributed by atoms with Gasteiger partial charge in [0.25, 0.3) is 0 Å². The number of hydrogen-bond donors (Lipinski definition) is 6. The van der Waals surface area contributed by atoms with Gasteiger partial charge in [-0.05, 0) is 103 Å². The van der Waals surface area contributed by atoms with E-state index in [0.717, 1.165) is 94.9 Å². The third kappa shape index (κ3) is 8.97. The first-order chi connectivity index (χ1) is 30.6. The molecule has 4 aromatic rings. The van der Waals surface area contributed by atoms with Gasteiger partial charge in [0.2, 0.25) is 11.8 Å². The summed E-state index contributed by atoms with van der Waals surface area (Å²) in [5.74, 6) is 0.223. The van der Waals surface area contributed by atoms with E-state index >= 15 is 0 Å². The average Bonchev–Trinajstić information content (AvgIpc) is 4.06. The maximum atomic E-state index is 13.3. The Morgan fingerprint density at radius 1 is 0.641 bits per heavy atom. The van der Waals surface area contributed by atoms with Crippen LogP contribution in [0.4, 0.5) is 9.59 Å². The second-order valence-electron chi connectivity index (χ2n) is 19.3. The van der Waals surface area contributed by atoms with Crippen LogP contribution in [0.5, 0.6) is 0 Å². The minimum absolute atomic E-state index is 0.0497. The molecule has 0 radical (unpaired) electrons. The number of carbonyl (C=O) groups excluding carboxylic acids is 2. The Morgan fingerprint density at radius 3 is 1.50 bits per heavy atom. The maximum absolute atomic E-state index is 13.3. The number of imide groups is 2. The third-order valence-electron chi connectivity index (χ3n) is 14.6. The Balaban J connectivity index is 1.02. The molecule has 2 unspecified atom stereocenters. The summed E-state index contributed by atoms with van der Waals surface area (Å²) in [7, 11) is 0. The van der Waals surface area contributed by atoms with Gasteiger partial charge in [-0.3, -0.25) is 30.0 Å². The van der Waals surface area contributed by atoms with Crippen molar-refractivity contribution in [2.75, 3.05) is 39.5 Å². The van der Waals surface area contributed by atoms with E-state index in [4.69, 9.17) is 19.4 Å². The van der Waals surface area contributed by atoms with Crippen molar-refractivity contribution >= 4 is 24.0 Å². The molecule has 0 bridgehead atoms. The molecule has 64 heavy (non-hydrogen) atoms. The number of likely N-dealkylation sites (tertiary alicyclic amines) is 2. The van der Waals surface area contributed by atoms with Crippen LogP contribution in [0.15, 0.2) is 48.8 Å². The van der Waals surface area contributed by atoms with Crippen LogP contribution in [0, 0.1) is 36.5 Å². The highest BCUT2D eigenvalue weighted by molar-refractivity contribution is 5.95. The Morgan fingerprint density at radius 2 is 1.05 bits per heavy atom. The summed E-state index contributed by atoms with van der Waals surface area (Å²) in [6, 6.07) is 11.0. The first kappa shape index (κ1) is 45.2. The van der Waals surface area contributed by atoms with Gasteiger partial charge in [-0.15, -0.1) is 0 Å². The van der Waals surface area contributed by atoms with E-state index in [1.165, 1.54) is 0 Å². The maximum Gasteiger partial charge on any atom is 0.411 e. The number of amides is 4.